The van der Waals surface area contributed by atoms with Gasteiger partial charge in [-0.3, -0.25) is 4.98 Å². The van der Waals surface area contributed by atoms with E-state index in [-0.39, 0.29) is 5.69 Å². The van der Waals surface area contributed by atoms with E-state index in [9.17, 15) is 8.78 Å². The molecule has 0 saturated heterocycles. The van der Waals surface area contributed by atoms with Crippen LogP contribution in [0.5, 0.6) is 0 Å². The van der Waals surface area contributed by atoms with Crippen LogP contribution in [0.25, 0.3) is 11.3 Å². The van der Waals surface area contributed by atoms with Gasteiger partial charge in [0.25, 0.3) is 0 Å². The average Bonchev–Trinajstić information content (AvgIpc) is 2.64. The van der Waals surface area contributed by atoms with Crippen molar-refractivity contribution < 1.29 is 8.78 Å². The Labute approximate surface area is 156 Å². The Bertz CT molecular complexity index is 902. The van der Waals surface area contributed by atoms with Crippen LogP contribution in [0.1, 0.15) is 0 Å². The Kier molecular flexibility index (Phi) is 5.87. The van der Waals surface area contributed by atoms with Gasteiger partial charge in [0.2, 0.25) is 5.95 Å². The molecule has 2 N–H and O–H groups in total. The molecule has 3 aromatic rings. The summed E-state index contributed by atoms with van der Waals surface area (Å²) >= 11 is 0. The summed E-state index contributed by atoms with van der Waals surface area (Å²) in [5.74, 6) is -0.517. The summed E-state index contributed by atoms with van der Waals surface area (Å²) < 4.78 is 27.1. The van der Waals surface area contributed by atoms with Gasteiger partial charge in [0.1, 0.15) is 17.5 Å². The normalized spacial score (nSPS) is 10.9. The lowest BCUT2D eigenvalue weighted by molar-refractivity contribution is 0.425. The number of aromatic nitrogens is 3. The van der Waals surface area contributed by atoms with Crippen LogP contribution >= 0.6 is 0 Å². The Morgan fingerprint density at radius 1 is 1.00 bits per heavy atom. The monoisotopic (exact) mass is 370 g/mol. The summed E-state index contributed by atoms with van der Waals surface area (Å²) in [7, 11) is 3.94. The molecule has 0 bridgehead atoms. The third kappa shape index (κ3) is 5.18. The number of nitrogens with zero attached hydrogens (tertiary/aromatic N) is 4. The van der Waals surface area contributed by atoms with E-state index in [1.165, 1.54) is 12.1 Å². The van der Waals surface area contributed by atoms with Gasteiger partial charge in [-0.25, -0.2) is 13.8 Å². The topological polar surface area (TPSA) is 66.0 Å². The molecule has 0 radical (unpaired) electrons. The minimum Gasteiger partial charge on any atom is -0.353 e. The van der Waals surface area contributed by atoms with Gasteiger partial charge in [0, 0.05) is 43.2 Å². The number of pyridine rings is 1. The van der Waals surface area contributed by atoms with Crippen molar-refractivity contribution in [3.8, 4) is 11.3 Å². The first kappa shape index (κ1) is 18.7. The number of halogens is 2. The molecular weight excluding hydrogens is 350 g/mol. The Hall–Kier alpha value is -3.13. The van der Waals surface area contributed by atoms with Gasteiger partial charge in [-0.1, -0.05) is 0 Å². The highest BCUT2D eigenvalue weighted by atomic mass is 19.1. The first-order valence-electron chi connectivity index (χ1n) is 8.41. The van der Waals surface area contributed by atoms with Crippen LogP contribution in [0.4, 0.5) is 26.2 Å². The van der Waals surface area contributed by atoms with E-state index in [1.54, 1.807) is 18.5 Å². The van der Waals surface area contributed by atoms with Crippen LogP contribution in [0.15, 0.2) is 48.8 Å². The molecule has 0 aliphatic heterocycles. The van der Waals surface area contributed by atoms with Crippen molar-refractivity contribution >= 4 is 17.5 Å². The Morgan fingerprint density at radius 2 is 1.78 bits per heavy atom. The molecule has 0 aliphatic carbocycles. The Balaban J connectivity index is 1.91. The van der Waals surface area contributed by atoms with Crippen molar-refractivity contribution in [1.29, 1.82) is 0 Å². The van der Waals surface area contributed by atoms with Crippen LogP contribution in [-0.4, -0.2) is 47.0 Å². The molecule has 6 nitrogen and oxygen atoms in total. The molecule has 3 rings (SSSR count). The maximum Gasteiger partial charge on any atom is 0.225 e. The largest absolute Gasteiger partial charge is 0.353 e. The van der Waals surface area contributed by atoms with Crippen molar-refractivity contribution in [2.75, 3.05) is 37.8 Å². The van der Waals surface area contributed by atoms with Crippen LogP contribution in [0, 0.1) is 11.6 Å². The summed E-state index contributed by atoms with van der Waals surface area (Å²) in [5.41, 5.74) is 1.64. The molecular formula is C19H20F2N6. The number of rotatable bonds is 7. The molecule has 1 aromatic carbocycles. The van der Waals surface area contributed by atoms with E-state index in [2.05, 4.69) is 25.6 Å². The zero-order valence-corrected chi connectivity index (χ0v) is 15.1. The molecule has 2 aromatic heterocycles. The standard InChI is InChI=1S/C19H20F2N6/c1-27(2)10-9-23-19-25-17(13-5-7-22-8-6-13)12-18(26-19)24-16-4-3-14(20)11-15(16)21/h3-8,11-12H,9-10H2,1-2H3,(H2,23,24,25,26). The first-order chi connectivity index (χ1) is 13.0. The van der Waals surface area contributed by atoms with Gasteiger partial charge in [-0.05, 0) is 38.4 Å². The number of nitrogens with one attached hydrogen (secondary N) is 2. The van der Waals surface area contributed by atoms with Gasteiger partial charge in [0.15, 0.2) is 0 Å². The fourth-order valence-corrected chi connectivity index (χ4v) is 2.38. The molecule has 0 atom stereocenters. The molecule has 0 spiro atoms. The summed E-state index contributed by atoms with van der Waals surface area (Å²) in [6, 6.07) is 8.70. The first-order valence-corrected chi connectivity index (χ1v) is 8.41. The lowest BCUT2D eigenvalue weighted by atomic mass is 10.2. The van der Waals surface area contributed by atoms with Crippen molar-refractivity contribution in [2.24, 2.45) is 0 Å². The van der Waals surface area contributed by atoms with Crippen molar-refractivity contribution in [3.05, 3.63) is 60.4 Å². The van der Waals surface area contributed by atoms with Crippen LogP contribution < -0.4 is 10.6 Å². The van der Waals surface area contributed by atoms with E-state index in [0.717, 1.165) is 18.2 Å². The predicted molar refractivity (Wildman–Crippen MR) is 102 cm³/mol. The highest BCUT2D eigenvalue weighted by Crippen LogP contribution is 2.24. The fourth-order valence-electron chi connectivity index (χ4n) is 2.38. The number of benzene rings is 1. The summed E-state index contributed by atoms with van der Waals surface area (Å²) in [6.07, 6.45) is 3.34. The van der Waals surface area contributed by atoms with E-state index in [1.807, 2.05) is 31.1 Å². The third-order valence-electron chi connectivity index (χ3n) is 3.74. The number of hydrogen-bond donors (Lipinski definition) is 2. The summed E-state index contributed by atoms with van der Waals surface area (Å²) in [5, 5.41) is 6.05. The second-order valence-electron chi connectivity index (χ2n) is 6.18. The number of likely N-dealkylation sites (N-methyl/N-ethyl adjacent to an activating group) is 1. The molecule has 27 heavy (non-hydrogen) atoms. The summed E-state index contributed by atoms with van der Waals surface area (Å²) in [4.78, 5) is 14.9. The van der Waals surface area contributed by atoms with Gasteiger partial charge in [-0.15, -0.1) is 0 Å². The van der Waals surface area contributed by atoms with E-state index >= 15 is 0 Å². The second kappa shape index (κ2) is 8.50. The summed E-state index contributed by atoms with van der Waals surface area (Å²) in [6.45, 7) is 1.45. The molecule has 8 heteroatoms. The molecule has 2 heterocycles. The van der Waals surface area contributed by atoms with Crippen molar-refractivity contribution in [1.82, 2.24) is 19.9 Å². The average molecular weight is 370 g/mol. The number of anilines is 3. The molecule has 0 unspecified atom stereocenters. The SMILES string of the molecule is CN(C)CCNc1nc(Nc2ccc(F)cc2F)cc(-c2ccncc2)n1. The minimum absolute atomic E-state index is 0.134. The lowest BCUT2D eigenvalue weighted by Gasteiger charge is -2.13. The van der Waals surface area contributed by atoms with Gasteiger partial charge >= 0.3 is 0 Å². The molecule has 0 amide bonds. The van der Waals surface area contributed by atoms with Crippen LogP contribution in [0.2, 0.25) is 0 Å². The van der Waals surface area contributed by atoms with E-state index in [4.69, 9.17) is 0 Å². The van der Waals surface area contributed by atoms with Gasteiger partial charge in [-0.2, -0.15) is 4.98 Å². The van der Waals surface area contributed by atoms with Gasteiger partial charge in [0.05, 0.1) is 11.4 Å². The zero-order chi connectivity index (χ0) is 19.2. The quantitative estimate of drug-likeness (QED) is 0.663. The second-order valence-corrected chi connectivity index (χ2v) is 6.18. The predicted octanol–water partition coefficient (Wildman–Crippen LogP) is 3.53. The minimum atomic E-state index is -0.693. The van der Waals surface area contributed by atoms with Crippen LogP contribution in [-0.2, 0) is 0 Å². The zero-order valence-electron chi connectivity index (χ0n) is 15.1. The molecule has 0 aliphatic rings. The van der Waals surface area contributed by atoms with E-state index < -0.39 is 11.6 Å². The Morgan fingerprint density at radius 3 is 2.48 bits per heavy atom. The highest BCUT2D eigenvalue weighted by Gasteiger charge is 2.10. The highest BCUT2D eigenvalue weighted by molar-refractivity contribution is 5.67. The smallest absolute Gasteiger partial charge is 0.225 e. The van der Waals surface area contributed by atoms with Crippen molar-refractivity contribution in [2.45, 2.75) is 0 Å². The van der Waals surface area contributed by atoms with E-state index in [0.29, 0.717) is 24.0 Å². The van der Waals surface area contributed by atoms with Crippen LogP contribution in [0.3, 0.4) is 0 Å². The third-order valence-corrected chi connectivity index (χ3v) is 3.74. The fraction of sp³-hybridized carbons (Fsp3) is 0.211. The molecule has 0 saturated carbocycles. The maximum atomic E-state index is 14.0. The molecule has 140 valence electrons. The number of hydrogen-bond acceptors (Lipinski definition) is 6. The van der Waals surface area contributed by atoms with Crippen molar-refractivity contribution in [3.63, 3.8) is 0 Å². The maximum absolute atomic E-state index is 14.0. The van der Waals surface area contributed by atoms with Gasteiger partial charge < -0.3 is 15.5 Å². The lowest BCUT2D eigenvalue weighted by Crippen LogP contribution is -2.21. The molecule has 0 fully saturated rings.